The largest absolute Gasteiger partial charge is 0.462 e. The number of aryl methyl sites for hydroxylation is 2. The van der Waals surface area contributed by atoms with E-state index < -0.39 is 0 Å². The van der Waals surface area contributed by atoms with Crippen molar-refractivity contribution in [2.45, 2.75) is 20.4 Å². The molecule has 0 saturated carbocycles. The van der Waals surface area contributed by atoms with Crippen molar-refractivity contribution < 1.29 is 9.53 Å². The summed E-state index contributed by atoms with van der Waals surface area (Å²) in [6.45, 7) is 4.58. The molecule has 2 aromatic rings. The van der Waals surface area contributed by atoms with E-state index in [9.17, 15) is 4.79 Å². The molecule has 1 heterocycles. The predicted octanol–water partition coefficient (Wildman–Crippen LogP) is 3.17. The molecule has 5 nitrogen and oxygen atoms in total. The third-order valence-electron chi connectivity index (χ3n) is 3.20. The average molecular weight is 308 g/mol. The van der Waals surface area contributed by atoms with E-state index in [0.717, 1.165) is 16.9 Å². The number of aromatic nitrogens is 2. The fourth-order valence-electron chi connectivity index (χ4n) is 2.02. The molecule has 0 bridgehead atoms. The number of hydrogen-bond acceptors (Lipinski definition) is 4. The molecular weight excluding hydrogens is 290 g/mol. The Hall–Kier alpha value is -2.01. The minimum Gasteiger partial charge on any atom is -0.462 e. The van der Waals surface area contributed by atoms with Crippen molar-refractivity contribution in [2.75, 3.05) is 11.9 Å². The predicted molar refractivity (Wildman–Crippen MR) is 82.7 cm³/mol. The third-order valence-corrected chi connectivity index (χ3v) is 3.44. The fraction of sp³-hybridized carbons (Fsp3) is 0.333. The van der Waals surface area contributed by atoms with Gasteiger partial charge < -0.3 is 10.1 Å². The zero-order valence-electron chi connectivity index (χ0n) is 12.3. The van der Waals surface area contributed by atoms with Gasteiger partial charge in [0.15, 0.2) is 0 Å². The summed E-state index contributed by atoms with van der Waals surface area (Å²) >= 11 is 6.00. The first-order valence-electron chi connectivity index (χ1n) is 6.71. The van der Waals surface area contributed by atoms with E-state index in [1.165, 1.54) is 6.20 Å². The van der Waals surface area contributed by atoms with Crippen molar-refractivity contribution >= 4 is 23.3 Å². The maximum atomic E-state index is 11.9. The molecule has 0 aliphatic heterocycles. The smallest absolute Gasteiger partial charge is 0.341 e. The molecule has 1 aromatic heterocycles. The van der Waals surface area contributed by atoms with Gasteiger partial charge in [0.2, 0.25) is 0 Å². The van der Waals surface area contributed by atoms with Gasteiger partial charge in [-0.2, -0.15) is 5.10 Å². The van der Waals surface area contributed by atoms with Crippen LogP contribution in [0.2, 0.25) is 5.02 Å². The highest BCUT2D eigenvalue weighted by Gasteiger charge is 2.17. The molecule has 6 heteroatoms. The van der Waals surface area contributed by atoms with Crippen LogP contribution in [-0.2, 0) is 18.3 Å². The summed E-state index contributed by atoms with van der Waals surface area (Å²) in [4.78, 5) is 11.9. The van der Waals surface area contributed by atoms with Gasteiger partial charge in [0.05, 0.1) is 25.0 Å². The molecule has 0 radical (unpaired) electrons. The molecule has 2 rings (SSSR count). The van der Waals surface area contributed by atoms with E-state index in [-0.39, 0.29) is 5.97 Å². The van der Waals surface area contributed by atoms with Crippen LogP contribution in [0, 0.1) is 6.92 Å². The number of anilines is 1. The Kier molecular flexibility index (Phi) is 4.85. The Labute approximate surface area is 128 Å². The fourth-order valence-corrected chi connectivity index (χ4v) is 2.19. The first-order chi connectivity index (χ1) is 10.0. The number of rotatable bonds is 5. The Bertz CT molecular complexity index is 652. The molecule has 0 spiro atoms. The molecule has 1 aromatic carbocycles. The maximum absolute atomic E-state index is 11.9. The molecule has 1 N–H and O–H groups in total. The number of carbonyl (C=O) groups is 1. The van der Waals surface area contributed by atoms with Crippen LogP contribution in [0.25, 0.3) is 0 Å². The number of ether oxygens (including phenoxy) is 1. The van der Waals surface area contributed by atoms with Crippen LogP contribution >= 0.6 is 11.6 Å². The number of nitrogens with zero attached hydrogens (tertiary/aromatic N) is 2. The topological polar surface area (TPSA) is 56.1 Å². The van der Waals surface area contributed by atoms with Crippen LogP contribution in [0.3, 0.4) is 0 Å². The second-order valence-corrected chi connectivity index (χ2v) is 5.10. The van der Waals surface area contributed by atoms with Gasteiger partial charge in [-0.25, -0.2) is 4.79 Å². The van der Waals surface area contributed by atoms with Crippen molar-refractivity contribution in [1.29, 1.82) is 0 Å². The van der Waals surface area contributed by atoms with Gasteiger partial charge in [-0.05, 0) is 31.5 Å². The first kappa shape index (κ1) is 15.4. The quantitative estimate of drug-likeness (QED) is 0.862. The number of hydrogen-bond donors (Lipinski definition) is 1. The zero-order chi connectivity index (χ0) is 15.4. The van der Waals surface area contributed by atoms with E-state index in [2.05, 4.69) is 10.4 Å². The Balaban J connectivity index is 2.18. The van der Waals surface area contributed by atoms with Gasteiger partial charge >= 0.3 is 5.97 Å². The van der Waals surface area contributed by atoms with E-state index >= 15 is 0 Å². The monoisotopic (exact) mass is 307 g/mol. The van der Waals surface area contributed by atoms with Gasteiger partial charge in [-0.15, -0.1) is 0 Å². The Morgan fingerprint density at radius 3 is 2.95 bits per heavy atom. The molecule has 112 valence electrons. The van der Waals surface area contributed by atoms with Crippen molar-refractivity contribution in [3.63, 3.8) is 0 Å². The van der Waals surface area contributed by atoms with Gasteiger partial charge in [0, 0.05) is 17.8 Å². The SMILES string of the molecule is CCOC(=O)c1cnn(C)c1CNc1cc(Cl)ccc1C. The summed E-state index contributed by atoms with van der Waals surface area (Å²) in [5.41, 5.74) is 3.26. The molecule has 0 fully saturated rings. The summed E-state index contributed by atoms with van der Waals surface area (Å²) in [7, 11) is 1.80. The molecule has 0 amide bonds. The van der Waals surface area contributed by atoms with Crippen molar-refractivity contribution in [1.82, 2.24) is 9.78 Å². The minimum absolute atomic E-state index is 0.341. The normalized spacial score (nSPS) is 10.5. The highest BCUT2D eigenvalue weighted by molar-refractivity contribution is 6.30. The highest BCUT2D eigenvalue weighted by Crippen LogP contribution is 2.21. The Morgan fingerprint density at radius 1 is 1.48 bits per heavy atom. The summed E-state index contributed by atoms with van der Waals surface area (Å²) < 4.78 is 6.70. The highest BCUT2D eigenvalue weighted by atomic mass is 35.5. The van der Waals surface area contributed by atoms with Crippen LogP contribution < -0.4 is 5.32 Å². The second kappa shape index (κ2) is 6.63. The second-order valence-electron chi connectivity index (χ2n) is 4.66. The van der Waals surface area contributed by atoms with Crippen LogP contribution in [-0.4, -0.2) is 22.4 Å². The van der Waals surface area contributed by atoms with Gasteiger partial charge in [0.1, 0.15) is 5.56 Å². The number of benzene rings is 1. The average Bonchev–Trinajstić information content (AvgIpc) is 2.81. The van der Waals surface area contributed by atoms with Crippen LogP contribution in [0.5, 0.6) is 0 Å². The van der Waals surface area contributed by atoms with Gasteiger partial charge in [-0.1, -0.05) is 17.7 Å². The summed E-state index contributed by atoms with van der Waals surface area (Å²) in [5, 5.41) is 8.07. The summed E-state index contributed by atoms with van der Waals surface area (Å²) in [6, 6.07) is 5.65. The molecule has 0 atom stereocenters. The molecule has 21 heavy (non-hydrogen) atoms. The number of nitrogens with one attached hydrogen (secondary N) is 1. The van der Waals surface area contributed by atoms with E-state index in [4.69, 9.17) is 16.3 Å². The lowest BCUT2D eigenvalue weighted by Crippen LogP contribution is -2.12. The third kappa shape index (κ3) is 3.55. The van der Waals surface area contributed by atoms with Crippen LogP contribution in [0.1, 0.15) is 28.5 Å². The standard InChI is InChI=1S/C15H18ClN3O2/c1-4-21-15(20)12-8-18-19(3)14(12)9-17-13-7-11(16)6-5-10(13)2/h5-8,17H,4,9H2,1-3H3. The summed E-state index contributed by atoms with van der Waals surface area (Å²) in [5.74, 6) is -0.356. The van der Waals surface area contributed by atoms with Crippen LogP contribution in [0.4, 0.5) is 5.69 Å². The summed E-state index contributed by atoms with van der Waals surface area (Å²) in [6.07, 6.45) is 1.53. The van der Waals surface area contributed by atoms with Crippen molar-refractivity contribution in [2.24, 2.45) is 7.05 Å². The Morgan fingerprint density at radius 2 is 2.24 bits per heavy atom. The molecule has 0 aliphatic carbocycles. The lowest BCUT2D eigenvalue weighted by molar-refractivity contribution is 0.0525. The lowest BCUT2D eigenvalue weighted by Gasteiger charge is -2.11. The van der Waals surface area contributed by atoms with Crippen LogP contribution in [0.15, 0.2) is 24.4 Å². The first-order valence-corrected chi connectivity index (χ1v) is 7.08. The molecule has 0 aliphatic rings. The molecular formula is C15H18ClN3O2. The van der Waals surface area contributed by atoms with E-state index in [1.54, 1.807) is 18.7 Å². The van der Waals surface area contributed by atoms with Gasteiger partial charge in [0.25, 0.3) is 0 Å². The lowest BCUT2D eigenvalue weighted by atomic mass is 10.2. The van der Waals surface area contributed by atoms with Gasteiger partial charge in [-0.3, -0.25) is 4.68 Å². The zero-order valence-corrected chi connectivity index (χ0v) is 13.1. The van der Waals surface area contributed by atoms with E-state index in [1.807, 2.05) is 25.1 Å². The minimum atomic E-state index is -0.356. The molecule has 0 unspecified atom stereocenters. The number of halogens is 1. The number of carbonyl (C=O) groups excluding carboxylic acids is 1. The van der Waals surface area contributed by atoms with Crippen molar-refractivity contribution in [3.05, 3.63) is 46.2 Å². The van der Waals surface area contributed by atoms with Crippen molar-refractivity contribution in [3.8, 4) is 0 Å². The van der Waals surface area contributed by atoms with E-state index in [0.29, 0.717) is 23.7 Å². The maximum Gasteiger partial charge on any atom is 0.341 e. The molecule has 0 saturated heterocycles. The number of esters is 1.